The van der Waals surface area contributed by atoms with Gasteiger partial charge in [0.2, 0.25) is 0 Å². The molecule has 0 heterocycles. The molecule has 0 bridgehead atoms. The molecule has 1 aliphatic carbocycles. The van der Waals surface area contributed by atoms with Crippen molar-refractivity contribution in [1.82, 2.24) is 0 Å². The van der Waals surface area contributed by atoms with Crippen molar-refractivity contribution < 1.29 is 0 Å². The molecule has 0 N–H and O–H groups in total. The summed E-state index contributed by atoms with van der Waals surface area (Å²) in [4.78, 5) is 0. The van der Waals surface area contributed by atoms with Gasteiger partial charge in [0.1, 0.15) is 0 Å². The van der Waals surface area contributed by atoms with Crippen molar-refractivity contribution in [3.63, 3.8) is 0 Å². The standard InChI is InChI=1S/C11H22.2CH4/c1-11-9-7-5-3-2-4-6-8-10-11;;/h11H,2-10H2,1H3;2*1H4. The number of hydrogen-bond donors (Lipinski definition) is 0. The van der Waals surface area contributed by atoms with Crippen LogP contribution in [-0.2, 0) is 0 Å². The Morgan fingerprint density at radius 2 is 0.923 bits per heavy atom. The maximum atomic E-state index is 2.42. The van der Waals surface area contributed by atoms with Gasteiger partial charge in [0, 0.05) is 0 Å². The first-order chi connectivity index (χ1) is 5.39. The summed E-state index contributed by atoms with van der Waals surface area (Å²) in [5.41, 5.74) is 0. The van der Waals surface area contributed by atoms with Crippen LogP contribution >= 0.6 is 0 Å². The molecule has 1 aliphatic rings. The van der Waals surface area contributed by atoms with E-state index in [1.54, 1.807) is 0 Å². The second-order valence-corrected chi connectivity index (χ2v) is 4.16. The van der Waals surface area contributed by atoms with Crippen molar-refractivity contribution in [2.24, 2.45) is 5.92 Å². The Morgan fingerprint density at radius 3 is 1.31 bits per heavy atom. The molecule has 0 radical (unpaired) electrons. The van der Waals surface area contributed by atoms with Crippen LogP contribution in [0.15, 0.2) is 0 Å². The topological polar surface area (TPSA) is 0 Å². The molecule has 0 aromatic heterocycles. The molecular formula is C13H30. The minimum Gasteiger partial charge on any atom is -0.0776 e. The van der Waals surface area contributed by atoms with E-state index in [1.807, 2.05) is 0 Å². The molecule has 0 nitrogen and oxygen atoms in total. The predicted octanol–water partition coefficient (Wildman–Crippen LogP) is 5.42. The summed E-state index contributed by atoms with van der Waals surface area (Å²) in [5, 5.41) is 0. The third kappa shape index (κ3) is 8.33. The molecule has 82 valence electrons. The van der Waals surface area contributed by atoms with E-state index in [9.17, 15) is 0 Å². The zero-order valence-corrected chi connectivity index (χ0v) is 7.94. The van der Waals surface area contributed by atoms with Crippen LogP contribution in [0, 0.1) is 5.92 Å². The Morgan fingerprint density at radius 1 is 0.615 bits per heavy atom. The molecule has 0 aliphatic heterocycles. The normalized spacial score (nSPS) is 21.0. The van der Waals surface area contributed by atoms with E-state index in [-0.39, 0.29) is 14.9 Å². The summed E-state index contributed by atoms with van der Waals surface area (Å²) in [6, 6.07) is 0. The molecule has 0 unspecified atom stereocenters. The van der Waals surface area contributed by atoms with E-state index in [1.165, 1.54) is 57.8 Å². The van der Waals surface area contributed by atoms with E-state index in [0.29, 0.717) is 0 Å². The van der Waals surface area contributed by atoms with E-state index < -0.39 is 0 Å². The fraction of sp³-hybridized carbons (Fsp3) is 1.00. The quantitative estimate of drug-likeness (QED) is 0.474. The van der Waals surface area contributed by atoms with Crippen molar-refractivity contribution in [1.29, 1.82) is 0 Å². The van der Waals surface area contributed by atoms with Gasteiger partial charge in [-0.1, -0.05) is 79.6 Å². The molecule has 0 aromatic carbocycles. The van der Waals surface area contributed by atoms with Crippen molar-refractivity contribution in [3.8, 4) is 0 Å². The lowest BCUT2D eigenvalue weighted by Crippen LogP contribution is -1.96. The van der Waals surface area contributed by atoms with Gasteiger partial charge in [0.05, 0.1) is 0 Å². The summed E-state index contributed by atoms with van der Waals surface area (Å²) < 4.78 is 0. The zero-order valence-electron chi connectivity index (χ0n) is 7.94. The molecule has 1 fully saturated rings. The lowest BCUT2D eigenvalue weighted by molar-refractivity contribution is 0.414. The lowest BCUT2D eigenvalue weighted by atomic mass is 9.94. The van der Waals surface area contributed by atoms with Gasteiger partial charge in [-0.3, -0.25) is 0 Å². The Kier molecular flexibility index (Phi) is 12.0. The monoisotopic (exact) mass is 186 g/mol. The third-order valence-electron chi connectivity index (χ3n) is 2.89. The largest absolute Gasteiger partial charge is 0.0776 e. The summed E-state index contributed by atoms with van der Waals surface area (Å²) >= 11 is 0. The average molecular weight is 186 g/mol. The van der Waals surface area contributed by atoms with Gasteiger partial charge in [0.25, 0.3) is 0 Å². The highest BCUT2D eigenvalue weighted by Crippen LogP contribution is 2.20. The molecule has 1 saturated carbocycles. The van der Waals surface area contributed by atoms with Crippen LogP contribution in [0.5, 0.6) is 0 Å². The molecule has 13 heavy (non-hydrogen) atoms. The van der Waals surface area contributed by atoms with Crippen molar-refractivity contribution in [2.45, 2.75) is 79.6 Å². The van der Waals surface area contributed by atoms with Gasteiger partial charge in [-0.05, 0) is 5.92 Å². The Bertz CT molecular complexity index is 76.0. The second kappa shape index (κ2) is 10.1. The van der Waals surface area contributed by atoms with E-state index in [4.69, 9.17) is 0 Å². The van der Waals surface area contributed by atoms with Gasteiger partial charge in [-0.15, -0.1) is 0 Å². The highest BCUT2D eigenvalue weighted by Gasteiger charge is 2.03. The predicted molar refractivity (Wildman–Crippen MR) is 64.2 cm³/mol. The van der Waals surface area contributed by atoms with E-state index >= 15 is 0 Å². The minimum atomic E-state index is 0. The highest BCUT2D eigenvalue weighted by atomic mass is 14.1. The first-order valence-electron chi connectivity index (χ1n) is 5.39. The van der Waals surface area contributed by atoms with Crippen molar-refractivity contribution >= 4 is 0 Å². The second-order valence-electron chi connectivity index (χ2n) is 4.16. The van der Waals surface area contributed by atoms with Gasteiger partial charge in [-0.2, -0.15) is 0 Å². The maximum Gasteiger partial charge on any atom is -0.0443 e. The molecule has 0 amide bonds. The maximum absolute atomic E-state index is 2.42. The zero-order chi connectivity index (χ0) is 7.94. The van der Waals surface area contributed by atoms with Crippen LogP contribution in [0.25, 0.3) is 0 Å². The fourth-order valence-corrected chi connectivity index (χ4v) is 2.01. The number of rotatable bonds is 0. The van der Waals surface area contributed by atoms with Crippen LogP contribution in [-0.4, -0.2) is 0 Å². The van der Waals surface area contributed by atoms with Crippen LogP contribution < -0.4 is 0 Å². The first kappa shape index (κ1) is 15.5. The Balaban J connectivity index is 0. The van der Waals surface area contributed by atoms with Crippen molar-refractivity contribution in [3.05, 3.63) is 0 Å². The lowest BCUT2D eigenvalue weighted by Gasteiger charge is -2.12. The van der Waals surface area contributed by atoms with Crippen LogP contribution in [0.4, 0.5) is 0 Å². The molecular weight excluding hydrogens is 156 g/mol. The van der Waals surface area contributed by atoms with Crippen LogP contribution in [0.2, 0.25) is 0 Å². The number of hydrogen-bond acceptors (Lipinski definition) is 0. The Hall–Kier alpha value is 0. The van der Waals surface area contributed by atoms with Gasteiger partial charge >= 0.3 is 0 Å². The van der Waals surface area contributed by atoms with Crippen molar-refractivity contribution in [2.75, 3.05) is 0 Å². The molecule has 0 heteroatoms. The van der Waals surface area contributed by atoms with Gasteiger partial charge < -0.3 is 0 Å². The van der Waals surface area contributed by atoms with Crippen LogP contribution in [0.3, 0.4) is 0 Å². The van der Waals surface area contributed by atoms with E-state index in [0.717, 1.165) is 5.92 Å². The van der Waals surface area contributed by atoms with Gasteiger partial charge in [-0.25, -0.2) is 0 Å². The highest BCUT2D eigenvalue weighted by molar-refractivity contribution is 4.57. The summed E-state index contributed by atoms with van der Waals surface area (Å²) in [7, 11) is 0. The van der Waals surface area contributed by atoms with E-state index in [2.05, 4.69) is 6.92 Å². The fourth-order valence-electron chi connectivity index (χ4n) is 2.01. The molecule has 0 spiro atoms. The Labute approximate surface area is 86.1 Å². The smallest absolute Gasteiger partial charge is 0.0443 e. The summed E-state index contributed by atoms with van der Waals surface area (Å²) in [6.45, 7) is 2.42. The summed E-state index contributed by atoms with van der Waals surface area (Å²) in [5.74, 6) is 1.01. The minimum absolute atomic E-state index is 0. The summed E-state index contributed by atoms with van der Waals surface area (Å²) in [6.07, 6.45) is 13.4. The SMILES string of the molecule is C.C.CC1CCCCCCCCC1. The average Bonchev–Trinajstić information content (AvgIpc) is 2.03. The third-order valence-corrected chi connectivity index (χ3v) is 2.89. The molecule has 0 aromatic rings. The molecule has 0 atom stereocenters. The van der Waals surface area contributed by atoms with Crippen LogP contribution in [0.1, 0.15) is 79.6 Å². The first-order valence-corrected chi connectivity index (χ1v) is 5.39. The van der Waals surface area contributed by atoms with Gasteiger partial charge in [0.15, 0.2) is 0 Å². The molecule has 0 saturated heterocycles. The molecule has 1 rings (SSSR count).